The predicted octanol–water partition coefficient (Wildman–Crippen LogP) is 2.17. The summed E-state index contributed by atoms with van der Waals surface area (Å²) in [5, 5.41) is 11.8. The number of nitrogens with zero attached hydrogens (tertiary/aromatic N) is 2. The summed E-state index contributed by atoms with van der Waals surface area (Å²) in [4.78, 5) is 3.66. The summed E-state index contributed by atoms with van der Waals surface area (Å²) in [5.74, 6) is -0.484. The van der Waals surface area contributed by atoms with E-state index >= 15 is 0 Å². The van der Waals surface area contributed by atoms with Gasteiger partial charge in [0, 0.05) is 12.3 Å². The Bertz CT molecular complexity index is 505. The molecule has 15 heavy (non-hydrogen) atoms. The molecule has 0 amide bonds. The van der Waals surface area contributed by atoms with Crippen LogP contribution in [0.15, 0.2) is 36.8 Å². The van der Waals surface area contributed by atoms with Crippen LogP contribution in [0.25, 0.3) is 11.3 Å². The number of hydrogen-bond acceptors (Lipinski definition) is 2. The lowest BCUT2D eigenvalue weighted by Gasteiger charge is -2.03. The Morgan fingerprint density at radius 2 is 2.13 bits per heavy atom. The molecular weight excluding hydrogens is 219 g/mol. The summed E-state index contributed by atoms with van der Waals surface area (Å²) in [5.41, 5.74) is 0.730. The molecule has 0 saturated carbocycles. The summed E-state index contributed by atoms with van der Waals surface area (Å²) in [6, 6.07) is 4.33. The topological polar surface area (TPSA) is 39.8 Å². The predicted molar refractivity (Wildman–Crippen MR) is 53.6 cm³/mol. The number of aromatic nitrogens is 2. The maximum atomic E-state index is 12.9. The van der Waals surface area contributed by atoms with Gasteiger partial charge >= 0.3 is 0 Å². The van der Waals surface area contributed by atoms with Gasteiger partial charge in [-0.25, -0.2) is 4.39 Å². The Kier molecular flexibility index (Phi) is 2.51. The van der Waals surface area contributed by atoms with Gasteiger partial charge in [0.25, 0.3) is 0 Å². The van der Waals surface area contributed by atoms with Crippen LogP contribution in [0.4, 0.5) is 4.39 Å². The van der Waals surface area contributed by atoms with Gasteiger partial charge < -0.3 is 5.21 Å². The van der Waals surface area contributed by atoms with Crippen molar-refractivity contribution in [3.05, 3.63) is 52.8 Å². The van der Waals surface area contributed by atoms with E-state index < -0.39 is 5.82 Å². The lowest BCUT2D eigenvalue weighted by molar-refractivity contribution is -0.593. The molecule has 2 rings (SSSR count). The standard InChI is InChI=1S/C10H6ClFN2O/c11-8-1-2-10(14(15)6-8)7-3-9(12)5-13-4-7/h1-6H. The lowest BCUT2D eigenvalue weighted by atomic mass is 10.2. The van der Waals surface area contributed by atoms with Gasteiger partial charge in [-0.3, -0.25) is 4.98 Å². The molecule has 2 aromatic rings. The van der Waals surface area contributed by atoms with E-state index in [4.69, 9.17) is 11.6 Å². The quantitative estimate of drug-likeness (QED) is 0.550. The largest absolute Gasteiger partial charge is 0.618 e. The van der Waals surface area contributed by atoms with Gasteiger partial charge in [0.15, 0.2) is 6.20 Å². The van der Waals surface area contributed by atoms with Crippen molar-refractivity contribution in [2.45, 2.75) is 0 Å². The van der Waals surface area contributed by atoms with Crippen LogP contribution in [0.3, 0.4) is 0 Å². The maximum absolute atomic E-state index is 12.9. The Hall–Kier alpha value is -1.68. The molecule has 2 heterocycles. The molecule has 0 aromatic carbocycles. The van der Waals surface area contributed by atoms with Crippen LogP contribution in [0.1, 0.15) is 0 Å². The highest BCUT2D eigenvalue weighted by Gasteiger charge is 2.09. The summed E-state index contributed by atoms with van der Waals surface area (Å²) in [7, 11) is 0. The van der Waals surface area contributed by atoms with Crippen molar-refractivity contribution >= 4 is 11.6 Å². The zero-order chi connectivity index (χ0) is 10.8. The number of rotatable bonds is 1. The van der Waals surface area contributed by atoms with Gasteiger partial charge in [-0.2, -0.15) is 4.73 Å². The molecule has 0 aliphatic rings. The van der Waals surface area contributed by atoms with Crippen LogP contribution < -0.4 is 4.73 Å². The first-order valence-corrected chi connectivity index (χ1v) is 4.54. The SMILES string of the molecule is [O-][n+]1cc(Cl)ccc1-c1cncc(F)c1. The smallest absolute Gasteiger partial charge is 0.225 e. The fourth-order valence-electron chi connectivity index (χ4n) is 1.23. The molecule has 0 aliphatic carbocycles. The molecule has 0 fully saturated rings. The van der Waals surface area contributed by atoms with Gasteiger partial charge in [0.1, 0.15) is 10.8 Å². The second kappa shape index (κ2) is 3.82. The number of halogens is 2. The summed E-state index contributed by atoms with van der Waals surface area (Å²) in [6.07, 6.45) is 3.71. The van der Waals surface area contributed by atoms with Gasteiger partial charge in [-0.05, 0) is 12.1 Å². The second-order valence-corrected chi connectivity index (χ2v) is 3.39. The molecule has 0 atom stereocenters. The van der Waals surface area contributed by atoms with E-state index in [0.29, 0.717) is 21.0 Å². The average Bonchev–Trinajstić information content (AvgIpc) is 2.17. The zero-order valence-corrected chi connectivity index (χ0v) is 8.28. The van der Waals surface area contributed by atoms with Crippen LogP contribution in [0.5, 0.6) is 0 Å². The molecule has 3 nitrogen and oxygen atoms in total. The van der Waals surface area contributed by atoms with E-state index in [-0.39, 0.29) is 0 Å². The minimum absolute atomic E-state index is 0.311. The van der Waals surface area contributed by atoms with Crippen LogP contribution in [-0.4, -0.2) is 4.98 Å². The van der Waals surface area contributed by atoms with Crippen LogP contribution >= 0.6 is 11.6 Å². The molecule has 0 radical (unpaired) electrons. The van der Waals surface area contributed by atoms with E-state index in [1.54, 1.807) is 6.07 Å². The Morgan fingerprint density at radius 1 is 1.33 bits per heavy atom. The molecule has 0 unspecified atom stereocenters. The molecule has 0 N–H and O–H groups in total. The molecular formula is C10H6ClFN2O. The molecule has 0 bridgehead atoms. The molecule has 5 heteroatoms. The molecule has 0 aliphatic heterocycles. The van der Waals surface area contributed by atoms with Crippen molar-refractivity contribution in [2.24, 2.45) is 0 Å². The third-order valence-corrected chi connectivity index (χ3v) is 2.10. The lowest BCUT2D eigenvalue weighted by Crippen LogP contribution is -2.28. The van der Waals surface area contributed by atoms with Crippen molar-refractivity contribution in [1.82, 2.24) is 4.98 Å². The second-order valence-electron chi connectivity index (χ2n) is 2.95. The van der Waals surface area contributed by atoms with Gasteiger partial charge in [-0.1, -0.05) is 11.6 Å². The van der Waals surface area contributed by atoms with Crippen molar-refractivity contribution in [3.8, 4) is 11.3 Å². The highest BCUT2D eigenvalue weighted by molar-refractivity contribution is 6.30. The van der Waals surface area contributed by atoms with E-state index in [1.165, 1.54) is 24.5 Å². The van der Waals surface area contributed by atoms with Crippen molar-refractivity contribution < 1.29 is 9.12 Å². The van der Waals surface area contributed by atoms with Gasteiger partial charge in [0.05, 0.1) is 11.8 Å². The number of hydrogen-bond donors (Lipinski definition) is 0. The fourth-order valence-corrected chi connectivity index (χ4v) is 1.38. The highest BCUT2D eigenvalue weighted by atomic mass is 35.5. The average molecular weight is 225 g/mol. The molecule has 2 aromatic heterocycles. The van der Waals surface area contributed by atoms with Crippen molar-refractivity contribution in [1.29, 1.82) is 0 Å². The Morgan fingerprint density at radius 3 is 2.80 bits per heavy atom. The number of pyridine rings is 2. The summed E-state index contributed by atoms with van der Waals surface area (Å²) in [6.45, 7) is 0. The van der Waals surface area contributed by atoms with Crippen molar-refractivity contribution in [2.75, 3.05) is 0 Å². The van der Waals surface area contributed by atoms with Crippen LogP contribution in [0, 0.1) is 11.0 Å². The van der Waals surface area contributed by atoms with E-state index in [9.17, 15) is 9.60 Å². The normalized spacial score (nSPS) is 10.3. The van der Waals surface area contributed by atoms with Gasteiger partial charge in [-0.15, -0.1) is 0 Å². The Labute approximate surface area is 90.4 Å². The minimum atomic E-state index is -0.484. The fraction of sp³-hybridized carbons (Fsp3) is 0. The first kappa shape index (κ1) is 9.86. The maximum Gasteiger partial charge on any atom is 0.225 e. The molecule has 0 spiro atoms. The van der Waals surface area contributed by atoms with E-state index in [1.807, 2.05) is 0 Å². The monoisotopic (exact) mass is 224 g/mol. The third kappa shape index (κ3) is 2.05. The highest BCUT2D eigenvalue weighted by Crippen LogP contribution is 2.16. The first-order valence-electron chi connectivity index (χ1n) is 4.16. The molecule has 0 saturated heterocycles. The van der Waals surface area contributed by atoms with Crippen LogP contribution in [0.2, 0.25) is 5.02 Å². The Balaban J connectivity index is 2.54. The van der Waals surface area contributed by atoms with E-state index in [0.717, 1.165) is 6.20 Å². The zero-order valence-electron chi connectivity index (χ0n) is 7.52. The first-order chi connectivity index (χ1) is 7.16. The molecule has 76 valence electrons. The summed E-state index contributed by atoms with van der Waals surface area (Å²) < 4.78 is 13.4. The third-order valence-electron chi connectivity index (χ3n) is 1.88. The van der Waals surface area contributed by atoms with Crippen molar-refractivity contribution in [3.63, 3.8) is 0 Å². The minimum Gasteiger partial charge on any atom is -0.618 e. The van der Waals surface area contributed by atoms with Gasteiger partial charge in [0.2, 0.25) is 5.69 Å². The van der Waals surface area contributed by atoms with E-state index in [2.05, 4.69) is 4.98 Å². The summed E-state index contributed by atoms with van der Waals surface area (Å²) >= 11 is 5.63. The van der Waals surface area contributed by atoms with Crippen LogP contribution in [-0.2, 0) is 0 Å².